The first kappa shape index (κ1) is 8.50. The molecule has 1 unspecified atom stereocenters. The summed E-state index contributed by atoms with van der Waals surface area (Å²) in [5.41, 5.74) is 1.12. The molecule has 1 aromatic rings. The van der Waals surface area contributed by atoms with E-state index in [-0.39, 0.29) is 6.10 Å². The van der Waals surface area contributed by atoms with E-state index in [2.05, 4.69) is 32.6 Å². The van der Waals surface area contributed by atoms with Crippen molar-refractivity contribution in [2.45, 2.75) is 25.4 Å². The van der Waals surface area contributed by atoms with Gasteiger partial charge in [-0.25, -0.2) is 4.98 Å². The highest BCUT2D eigenvalue weighted by atomic mass is 127. The summed E-state index contributed by atoms with van der Waals surface area (Å²) < 4.78 is 6.54. The van der Waals surface area contributed by atoms with Crippen molar-refractivity contribution in [3.8, 4) is 0 Å². The number of ether oxygens (including phenoxy) is 1. The lowest BCUT2D eigenvalue weighted by Crippen LogP contribution is -2.11. The highest BCUT2D eigenvalue weighted by molar-refractivity contribution is 14.1. The van der Waals surface area contributed by atoms with Gasteiger partial charge in [-0.2, -0.15) is 0 Å². The Labute approximate surface area is 85.1 Å². The van der Waals surface area contributed by atoms with Crippen molar-refractivity contribution in [2.75, 3.05) is 6.61 Å². The predicted molar refractivity (Wildman–Crippen MR) is 53.8 cm³/mol. The van der Waals surface area contributed by atoms with Gasteiger partial charge in [0.15, 0.2) is 3.83 Å². The third-order valence-electron chi connectivity index (χ3n) is 2.09. The van der Waals surface area contributed by atoms with Gasteiger partial charge in [0.2, 0.25) is 0 Å². The number of H-pyrrole nitrogens is 1. The highest BCUT2D eigenvalue weighted by Crippen LogP contribution is 2.26. The van der Waals surface area contributed by atoms with Crippen LogP contribution in [0.4, 0.5) is 0 Å². The van der Waals surface area contributed by atoms with Crippen LogP contribution in [0, 0.1) is 3.83 Å². The molecule has 0 aromatic carbocycles. The summed E-state index contributed by atoms with van der Waals surface area (Å²) in [4.78, 5) is 7.34. The van der Waals surface area contributed by atoms with E-state index in [0.29, 0.717) is 0 Å². The summed E-state index contributed by atoms with van der Waals surface area (Å²) >= 11 is 2.17. The number of aromatic amines is 1. The largest absolute Gasteiger partial charge is 0.372 e. The van der Waals surface area contributed by atoms with Gasteiger partial charge in [-0.15, -0.1) is 0 Å². The molecule has 2 rings (SSSR count). The molecule has 12 heavy (non-hydrogen) atoms. The lowest BCUT2D eigenvalue weighted by molar-refractivity contribution is 0.0125. The van der Waals surface area contributed by atoms with Crippen molar-refractivity contribution in [3.05, 3.63) is 15.7 Å². The van der Waals surface area contributed by atoms with Gasteiger partial charge in [0, 0.05) is 6.61 Å². The van der Waals surface area contributed by atoms with Crippen LogP contribution in [0.3, 0.4) is 0 Å². The number of nitrogens with one attached hydrogen (secondary N) is 1. The fourth-order valence-corrected chi connectivity index (χ4v) is 1.91. The molecule has 4 heteroatoms. The maximum Gasteiger partial charge on any atom is 0.168 e. The van der Waals surface area contributed by atoms with Crippen molar-refractivity contribution in [2.24, 2.45) is 0 Å². The average Bonchev–Trinajstić information content (AvgIpc) is 2.54. The Balaban J connectivity index is 2.08. The third-order valence-corrected chi connectivity index (χ3v) is 2.64. The molecule has 0 amide bonds. The first-order valence-corrected chi connectivity index (χ1v) is 5.26. The molecule has 1 atom stereocenters. The number of hydrogen-bond acceptors (Lipinski definition) is 2. The minimum atomic E-state index is 0.259. The Kier molecular flexibility index (Phi) is 2.65. The second-order valence-electron chi connectivity index (χ2n) is 2.98. The summed E-state index contributed by atoms with van der Waals surface area (Å²) in [5, 5.41) is 0. The van der Waals surface area contributed by atoms with Crippen molar-refractivity contribution in [1.82, 2.24) is 9.97 Å². The molecular weight excluding hydrogens is 267 g/mol. The lowest BCUT2D eigenvalue weighted by Gasteiger charge is -2.20. The van der Waals surface area contributed by atoms with Gasteiger partial charge in [0.05, 0.1) is 18.0 Å². The molecule has 1 aliphatic rings. The Morgan fingerprint density at radius 1 is 1.58 bits per heavy atom. The van der Waals surface area contributed by atoms with Gasteiger partial charge in [-0.3, -0.25) is 0 Å². The van der Waals surface area contributed by atoms with Crippen LogP contribution in [0.15, 0.2) is 6.20 Å². The summed E-state index contributed by atoms with van der Waals surface area (Å²) in [7, 11) is 0. The fourth-order valence-electron chi connectivity index (χ4n) is 1.46. The first-order chi connectivity index (χ1) is 5.86. The summed E-state index contributed by atoms with van der Waals surface area (Å²) in [6.07, 6.45) is 5.72. The Morgan fingerprint density at radius 2 is 2.50 bits per heavy atom. The number of hydrogen-bond donors (Lipinski definition) is 1. The zero-order valence-electron chi connectivity index (χ0n) is 6.72. The van der Waals surface area contributed by atoms with Gasteiger partial charge >= 0.3 is 0 Å². The summed E-state index contributed by atoms with van der Waals surface area (Å²) in [6, 6.07) is 0. The minimum absolute atomic E-state index is 0.259. The number of imidazole rings is 1. The van der Waals surface area contributed by atoms with E-state index >= 15 is 0 Å². The van der Waals surface area contributed by atoms with Crippen LogP contribution in [0.1, 0.15) is 31.1 Å². The maximum absolute atomic E-state index is 5.60. The van der Waals surface area contributed by atoms with Crippen molar-refractivity contribution in [1.29, 1.82) is 0 Å². The molecule has 1 aliphatic heterocycles. The van der Waals surface area contributed by atoms with E-state index < -0.39 is 0 Å². The zero-order valence-corrected chi connectivity index (χ0v) is 8.87. The molecule has 2 heterocycles. The van der Waals surface area contributed by atoms with Crippen LogP contribution >= 0.6 is 22.6 Å². The SMILES string of the molecule is Ic1ncc(C2CCCCO2)[nH]1. The average molecular weight is 278 g/mol. The molecule has 1 fully saturated rings. The van der Waals surface area contributed by atoms with E-state index in [9.17, 15) is 0 Å². The molecule has 0 spiro atoms. The van der Waals surface area contributed by atoms with Crippen molar-refractivity contribution >= 4 is 22.6 Å². The standard InChI is InChI=1S/C8H11IN2O/c9-8-10-5-6(11-8)7-3-1-2-4-12-7/h5,7H,1-4H2,(H,10,11). The zero-order chi connectivity index (χ0) is 8.39. The predicted octanol–water partition coefficient (Wildman–Crippen LogP) is 2.26. The Morgan fingerprint density at radius 3 is 3.08 bits per heavy atom. The summed E-state index contributed by atoms with van der Waals surface area (Å²) in [5.74, 6) is 0. The molecular formula is C8H11IN2O. The van der Waals surface area contributed by atoms with Gasteiger partial charge < -0.3 is 9.72 Å². The van der Waals surface area contributed by atoms with E-state index in [1.54, 1.807) is 0 Å². The van der Waals surface area contributed by atoms with Crippen LogP contribution in [0.5, 0.6) is 0 Å². The molecule has 0 aliphatic carbocycles. The van der Waals surface area contributed by atoms with Gasteiger partial charge in [0.1, 0.15) is 0 Å². The number of nitrogens with zero attached hydrogens (tertiary/aromatic N) is 1. The first-order valence-electron chi connectivity index (χ1n) is 4.18. The van der Waals surface area contributed by atoms with Crippen LogP contribution < -0.4 is 0 Å². The number of rotatable bonds is 1. The minimum Gasteiger partial charge on any atom is -0.372 e. The molecule has 1 N–H and O–H groups in total. The number of halogens is 1. The Bertz CT molecular complexity index is 255. The van der Waals surface area contributed by atoms with E-state index in [1.165, 1.54) is 12.8 Å². The smallest absolute Gasteiger partial charge is 0.168 e. The highest BCUT2D eigenvalue weighted by Gasteiger charge is 2.17. The molecule has 0 bridgehead atoms. The van der Waals surface area contributed by atoms with Crippen LogP contribution in [0.25, 0.3) is 0 Å². The number of aromatic nitrogens is 2. The second-order valence-corrected chi connectivity index (χ2v) is 4.01. The second kappa shape index (κ2) is 3.74. The van der Waals surface area contributed by atoms with Crippen LogP contribution in [0.2, 0.25) is 0 Å². The van der Waals surface area contributed by atoms with E-state index in [0.717, 1.165) is 22.6 Å². The third kappa shape index (κ3) is 1.80. The fraction of sp³-hybridized carbons (Fsp3) is 0.625. The maximum atomic E-state index is 5.60. The lowest BCUT2D eigenvalue weighted by atomic mass is 10.1. The van der Waals surface area contributed by atoms with Crippen molar-refractivity contribution < 1.29 is 4.74 Å². The van der Waals surface area contributed by atoms with Gasteiger partial charge in [-0.1, -0.05) is 0 Å². The Hall–Kier alpha value is -0.100. The quantitative estimate of drug-likeness (QED) is 0.800. The molecule has 1 saturated heterocycles. The van der Waals surface area contributed by atoms with Gasteiger partial charge in [0.25, 0.3) is 0 Å². The van der Waals surface area contributed by atoms with Crippen molar-refractivity contribution in [3.63, 3.8) is 0 Å². The molecule has 1 aromatic heterocycles. The molecule has 66 valence electrons. The van der Waals surface area contributed by atoms with Crippen LogP contribution in [-0.4, -0.2) is 16.6 Å². The van der Waals surface area contributed by atoms with E-state index in [4.69, 9.17) is 4.74 Å². The summed E-state index contributed by atoms with van der Waals surface area (Å²) in [6.45, 7) is 0.889. The van der Waals surface area contributed by atoms with Crippen LogP contribution in [-0.2, 0) is 4.74 Å². The van der Waals surface area contributed by atoms with E-state index in [1.807, 2.05) is 6.20 Å². The molecule has 3 nitrogen and oxygen atoms in total. The molecule has 0 saturated carbocycles. The monoisotopic (exact) mass is 278 g/mol. The normalized spacial score (nSPS) is 24.2. The van der Waals surface area contributed by atoms with Gasteiger partial charge in [-0.05, 0) is 41.9 Å². The molecule has 0 radical (unpaired) electrons. The topological polar surface area (TPSA) is 37.9 Å².